The maximum Gasteiger partial charge on any atom is 0.261 e. The number of nitrogens with zero attached hydrogens (tertiary/aromatic N) is 2. The van der Waals surface area contributed by atoms with Gasteiger partial charge in [0.15, 0.2) is 0 Å². The third-order valence-corrected chi connectivity index (χ3v) is 6.91. The lowest BCUT2D eigenvalue weighted by atomic mass is 10.0. The summed E-state index contributed by atoms with van der Waals surface area (Å²) in [6, 6.07) is 25.2. The molecule has 3 heterocycles. The molecular formula is C25H25N3OS. The fourth-order valence-electron chi connectivity index (χ4n) is 4.19. The number of hydrogen-bond acceptors (Lipinski definition) is 3. The third-order valence-electron chi connectivity index (χ3n) is 5.82. The average molecular weight is 416 g/mol. The van der Waals surface area contributed by atoms with Crippen LogP contribution in [-0.4, -0.2) is 34.5 Å². The number of hydrogen-bond donors (Lipinski definition) is 1. The molecule has 5 heteroatoms. The summed E-state index contributed by atoms with van der Waals surface area (Å²) >= 11 is 1.54. The van der Waals surface area contributed by atoms with Gasteiger partial charge in [-0.2, -0.15) is 0 Å². The lowest BCUT2D eigenvalue weighted by molar-refractivity contribution is 0.0913. The molecule has 1 aliphatic heterocycles. The summed E-state index contributed by atoms with van der Waals surface area (Å²) in [5.74, 6) is 0.0456. The zero-order valence-electron chi connectivity index (χ0n) is 16.8. The first-order valence-electron chi connectivity index (χ1n) is 10.5. The van der Waals surface area contributed by atoms with E-state index in [1.54, 1.807) is 11.3 Å². The minimum Gasteiger partial charge on any atom is -0.349 e. The van der Waals surface area contributed by atoms with Gasteiger partial charge in [0.05, 0.1) is 10.4 Å². The summed E-state index contributed by atoms with van der Waals surface area (Å²) in [6.45, 7) is 3.02. The smallest absolute Gasteiger partial charge is 0.261 e. The van der Waals surface area contributed by atoms with Gasteiger partial charge in [0.1, 0.15) is 5.00 Å². The van der Waals surface area contributed by atoms with Crippen molar-refractivity contribution in [2.24, 2.45) is 0 Å². The van der Waals surface area contributed by atoms with Crippen LogP contribution in [0.5, 0.6) is 0 Å². The number of thiophene rings is 1. The van der Waals surface area contributed by atoms with Crippen LogP contribution >= 0.6 is 11.3 Å². The molecule has 4 aromatic rings. The fraction of sp³-hybridized carbons (Fsp3) is 0.240. The molecule has 1 aliphatic rings. The van der Waals surface area contributed by atoms with Gasteiger partial charge in [-0.25, -0.2) is 0 Å². The van der Waals surface area contributed by atoms with Crippen LogP contribution in [0.15, 0.2) is 79.0 Å². The number of likely N-dealkylation sites (tertiary alicyclic amines) is 1. The number of nitrogens with one attached hydrogen (secondary N) is 1. The second kappa shape index (κ2) is 8.46. The highest BCUT2D eigenvalue weighted by atomic mass is 32.1. The molecule has 1 amide bonds. The number of benzene rings is 2. The van der Waals surface area contributed by atoms with Crippen molar-refractivity contribution < 1.29 is 4.79 Å². The zero-order chi connectivity index (χ0) is 20.3. The molecule has 0 aliphatic carbocycles. The van der Waals surface area contributed by atoms with Gasteiger partial charge in [-0.3, -0.25) is 9.69 Å². The molecule has 0 atom stereocenters. The van der Waals surface area contributed by atoms with E-state index in [2.05, 4.69) is 69.5 Å². The van der Waals surface area contributed by atoms with Crippen LogP contribution in [0.1, 0.15) is 28.1 Å². The molecule has 152 valence electrons. The average Bonchev–Trinajstić information content (AvgIpc) is 3.43. The van der Waals surface area contributed by atoms with Crippen LogP contribution in [0.4, 0.5) is 0 Å². The molecule has 0 radical (unpaired) electrons. The first kappa shape index (κ1) is 19.1. The molecule has 5 rings (SSSR count). The van der Waals surface area contributed by atoms with E-state index >= 15 is 0 Å². The number of piperidine rings is 1. The molecule has 4 nitrogen and oxygen atoms in total. The Morgan fingerprint density at radius 1 is 0.933 bits per heavy atom. The first-order chi connectivity index (χ1) is 14.8. The number of rotatable bonds is 5. The highest BCUT2D eigenvalue weighted by Gasteiger charge is 2.22. The van der Waals surface area contributed by atoms with Crippen LogP contribution in [0.3, 0.4) is 0 Å². The van der Waals surface area contributed by atoms with E-state index in [0.717, 1.165) is 47.9 Å². The van der Waals surface area contributed by atoms with E-state index in [1.165, 1.54) is 10.9 Å². The lowest BCUT2D eigenvalue weighted by Gasteiger charge is -2.32. The van der Waals surface area contributed by atoms with Crippen molar-refractivity contribution in [3.05, 3.63) is 89.4 Å². The van der Waals surface area contributed by atoms with Crippen molar-refractivity contribution in [3.8, 4) is 5.00 Å². The molecule has 0 spiro atoms. The van der Waals surface area contributed by atoms with Crippen molar-refractivity contribution in [1.29, 1.82) is 0 Å². The van der Waals surface area contributed by atoms with Gasteiger partial charge >= 0.3 is 0 Å². The van der Waals surface area contributed by atoms with E-state index in [9.17, 15) is 4.79 Å². The van der Waals surface area contributed by atoms with Crippen molar-refractivity contribution in [2.45, 2.75) is 25.4 Å². The first-order valence-corrected chi connectivity index (χ1v) is 11.3. The molecule has 0 unspecified atom stereocenters. The van der Waals surface area contributed by atoms with Crippen LogP contribution in [-0.2, 0) is 6.54 Å². The van der Waals surface area contributed by atoms with Gasteiger partial charge < -0.3 is 9.88 Å². The standard InChI is InChI=1S/C25H25N3OS/c29-25(26-21-13-15-27(16-14-21)18-19-6-2-1-3-7-19)23-10-11-24(30-23)28-17-12-20-8-4-5-9-22(20)28/h1-12,17,21H,13-16,18H2,(H,26,29). The third kappa shape index (κ3) is 4.04. The minimum atomic E-state index is 0.0456. The van der Waals surface area contributed by atoms with Gasteiger partial charge in [0.2, 0.25) is 0 Å². The van der Waals surface area contributed by atoms with Crippen molar-refractivity contribution in [1.82, 2.24) is 14.8 Å². The number of para-hydroxylation sites is 1. The number of carbonyl (C=O) groups is 1. The number of aromatic nitrogens is 1. The zero-order valence-corrected chi connectivity index (χ0v) is 17.6. The lowest BCUT2D eigenvalue weighted by Crippen LogP contribution is -2.44. The summed E-state index contributed by atoms with van der Waals surface area (Å²) in [6.07, 6.45) is 4.07. The maximum atomic E-state index is 12.8. The van der Waals surface area contributed by atoms with Crippen molar-refractivity contribution in [2.75, 3.05) is 13.1 Å². The molecular weight excluding hydrogens is 390 g/mol. The van der Waals surface area contributed by atoms with Gasteiger partial charge in [0, 0.05) is 31.9 Å². The van der Waals surface area contributed by atoms with Crippen LogP contribution in [0.25, 0.3) is 15.9 Å². The van der Waals surface area contributed by atoms with E-state index in [0.29, 0.717) is 0 Å². The van der Waals surface area contributed by atoms with Crippen LogP contribution in [0, 0.1) is 0 Å². The minimum absolute atomic E-state index is 0.0456. The van der Waals surface area contributed by atoms with Crippen molar-refractivity contribution in [3.63, 3.8) is 0 Å². The van der Waals surface area contributed by atoms with Gasteiger partial charge in [0.25, 0.3) is 5.91 Å². The van der Waals surface area contributed by atoms with Crippen molar-refractivity contribution >= 4 is 28.1 Å². The van der Waals surface area contributed by atoms with Gasteiger partial charge in [-0.15, -0.1) is 11.3 Å². The predicted octanol–water partition coefficient (Wildman–Crippen LogP) is 5.09. The molecule has 2 aromatic heterocycles. The van der Waals surface area contributed by atoms with Gasteiger partial charge in [-0.1, -0.05) is 48.5 Å². The Bertz CT molecular complexity index is 1140. The Labute approximate surface area is 180 Å². The fourth-order valence-corrected chi connectivity index (χ4v) is 5.09. The topological polar surface area (TPSA) is 37.3 Å². The largest absolute Gasteiger partial charge is 0.349 e. The molecule has 30 heavy (non-hydrogen) atoms. The second-order valence-electron chi connectivity index (χ2n) is 7.89. The Hall–Kier alpha value is -2.89. The summed E-state index contributed by atoms with van der Waals surface area (Å²) < 4.78 is 2.15. The Kier molecular flexibility index (Phi) is 5.39. The Balaban J connectivity index is 1.19. The molecule has 1 fully saturated rings. The van der Waals surface area contributed by atoms with E-state index in [-0.39, 0.29) is 11.9 Å². The van der Waals surface area contributed by atoms with Crippen LogP contribution in [0.2, 0.25) is 0 Å². The summed E-state index contributed by atoms with van der Waals surface area (Å²) in [5.41, 5.74) is 2.51. The predicted molar refractivity (Wildman–Crippen MR) is 123 cm³/mol. The Morgan fingerprint density at radius 3 is 2.53 bits per heavy atom. The molecule has 0 bridgehead atoms. The molecule has 1 N–H and O–H groups in total. The normalized spacial score (nSPS) is 15.5. The molecule has 2 aromatic carbocycles. The number of carbonyl (C=O) groups excluding carboxylic acids is 1. The van der Waals surface area contributed by atoms with Crippen LogP contribution < -0.4 is 5.32 Å². The molecule has 0 saturated carbocycles. The monoisotopic (exact) mass is 415 g/mol. The second-order valence-corrected chi connectivity index (χ2v) is 8.95. The summed E-state index contributed by atoms with van der Waals surface area (Å²) in [4.78, 5) is 16.1. The van der Waals surface area contributed by atoms with E-state index in [4.69, 9.17) is 0 Å². The molecule has 1 saturated heterocycles. The quantitative estimate of drug-likeness (QED) is 0.493. The number of fused-ring (bicyclic) bond motifs is 1. The highest BCUT2D eigenvalue weighted by Crippen LogP contribution is 2.26. The summed E-state index contributed by atoms with van der Waals surface area (Å²) in [7, 11) is 0. The number of amides is 1. The highest BCUT2D eigenvalue weighted by molar-refractivity contribution is 7.16. The Morgan fingerprint density at radius 2 is 1.70 bits per heavy atom. The summed E-state index contributed by atoms with van der Waals surface area (Å²) in [5, 5.41) is 5.53. The van der Waals surface area contributed by atoms with E-state index in [1.807, 2.05) is 24.3 Å². The maximum absolute atomic E-state index is 12.8. The SMILES string of the molecule is O=C(NC1CCN(Cc2ccccc2)CC1)c1ccc(-n2ccc3ccccc32)s1. The van der Waals surface area contributed by atoms with Gasteiger partial charge in [-0.05, 0) is 48.1 Å². The van der Waals surface area contributed by atoms with E-state index < -0.39 is 0 Å².